The molecule has 2 rings (SSSR count). The van der Waals surface area contributed by atoms with Crippen LogP contribution in [0.25, 0.3) is 0 Å². The Bertz CT molecular complexity index is 625. The molecule has 1 N–H and O–H groups in total. The van der Waals surface area contributed by atoms with Crippen LogP contribution in [0.4, 0.5) is 0 Å². The van der Waals surface area contributed by atoms with Crippen LogP contribution >= 0.6 is 24.0 Å². The summed E-state index contributed by atoms with van der Waals surface area (Å²) in [5.74, 6) is 0.985. The Hall–Kier alpha value is -0.940. The van der Waals surface area contributed by atoms with Gasteiger partial charge in [-0.1, -0.05) is 24.3 Å². The molecule has 1 fully saturated rings. The lowest BCUT2D eigenvalue weighted by molar-refractivity contribution is 0.00990. The van der Waals surface area contributed by atoms with Gasteiger partial charge in [-0.3, -0.25) is 0 Å². The first-order chi connectivity index (χ1) is 15.3. The molecule has 0 amide bonds. The number of hydrogen-bond donors (Lipinski definition) is 1. The zero-order valence-corrected chi connectivity index (χ0v) is 22.3. The lowest BCUT2D eigenvalue weighted by Crippen LogP contribution is -2.47. The second-order valence-corrected chi connectivity index (χ2v) is 7.64. The van der Waals surface area contributed by atoms with Gasteiger partial charge in [0.25, 0.3) is 0 Å². The van der Waals surface area contributed by atoms with Crippen LogP contribution in [0.15, 0.2) is 29.3 Å². The smallest absolute Gasteiger partial charge is 0.194 e. The first-order valence-electron chi connectivity index (χ1n) is 11.6. The molecule has 0 spiro atoms. The number of piperidine rings is 1. The fourth-order valence-electron chi connectivity index (χ4n) is 3.55. The molecule has 1 aromatic rings. The number of hydrogen-bond acceptors (Lipinski definition) is 5. The highest BCUT2D eigenvalue weighted by Crippen LogP contribution is 2.15. The molecule has 0 atom stereocenters. The van der Waals surface area contributed by atoms with Gasteiger partial charge in [-0.05, 0) is 44.2 Å². The van der Waals surface area contributed by atoms with E-state index in [1.807, 2.05) is 6.92 Å². The number of nitrogens with zero attached hydrogens (tertiary/aromatic N) is 2. The van der Waals surface area contributed by atoms with Gasteiger partial charge in [-0.2, -0.15) is 0 Å². The average molecular weight is 564 g/mol. The van der Waals surface area contributed by atoms with Gasteiger partial charge in [-0.15, -0.1) is 24.0 Å². The van der Waals surface area contributed by atoms with Crippen molar-refractivity contribution in [3.05, 3.63) is 35.4 Å². The van der Waals surface area contributed by atoms with E-state index in [0.29, 0.717) is 32.5 Å². The third kappa shape index (κ3) is 11.8. The number of methoxy groups -OCH3 is 1. The number of nitrogens with one attached hydrogen (secondary N) is 1. The highest BCUT2D eigenvalue weighted by molar-refractivity contribution is 14.0. The summed E-state index contributed by atoms with van der Waals surface area (Å²) in [6, 6.07) is 8.46. The molecule has 1 aromatic carbocycles. The molecule has 8 heteroatoms. The van der Waals surface area contributed by atoms with Crippen molar-refractivity contribution >= 4 is 29.9 Å². The molecule has 32 heavy (non-hydrogen) atoms. The third-order valence-corrected chi connectivity index (χ3v) is 5.17. The zero-order valence-electron chi connectivity index (χ0n) is 20.0. The van der Waals surface area contributed by atoms with Crippen molar-refractivity contribution in [1.82, 2.24) is 10.2 Å². The topological polar surface area (TPSA) is 64.6 Å². The zero-order chi connectivity index (χ0) is 22.2. The average Bonchev–Trinajstić information content (AvgIpc) is 2.80. The number of benzene rings is 1. The minimum atomic E-state index is 0. The van der Waals surface area contributed by atoms with E-state index in [-0.39, 0.29) is 24.0 Å². The van der Waals surface area contributed by atoms with Gasteiger partial charge in [-0.25, -0.2) is 4.99 Å². The second-order valence-electron chi connectivity index (χ2n) is 7.64. The predicted molar refractivity (Wildman–Crippen MR) is 140 cm³/mol. The van der Waals surface area contributed by atoms with Crippen molar-refractivity contribution in [2.75, 3.05) is 59.8 Å². The number of likely N-dealkylation sites (tertiary alicyclic amines) is 1. The van der Waals surface area contributed by atoms with E-state index >= 15 is 0 Å². The van der Waals surface area contributed by atoms with E-state index in [0.717, 1.165) is 64.7 Å². The minimum Gasteiger partial charge on any atom is -0.385 e. The standard InChI is InChI=1S/C24H41N3O4.HI/c1-4-25-24(27-12-10-23(11-13-27)31-15-7-14-28-3)26-19-21-8-6-9-22(18-21)20-30-17-16-29-5-2;/h6,8-9,18,23H,4-5,7,10-17,19-20H2,1-3H3,(H,25,26);1H. The first-order valence-corrected chi connectivity index (χ1v) is 11.6. The Morgan fingerprint density at radius 2 is 1.81 bits per heavy atom. The van der Waals surface area contributed by atoms with Crippen molar-refractivity contribution in [3.8, 4) is 0 Å². The van der Waals surface area contributed by atoms with Crippen LogP contribution in [-0.4, -0.2) is 76.7 Å². The molecule has 0 unspecified atom stereocenters. The largest absolute Gasteiger partial charge is 0.385 e. The summed E-state index contributed by atoms with van der Waals surface area (Å²) in [7, 11) is 1.73. The first kappa shape index (κ1) is 29.1. The van der Waals surface area contributed by atoms with Gasteiger partial charge < -0.3 is 29.2 Å². The summed E-state index contributed by atoms with van der Waals surface area (Å²) >= 11 is 0. The van der Waals surface area contributed by atoms with Crippen LogP contribution in [-0.2, 0) is 32.1 Å². The molecule has 1 aliphatic rings. The molecule has 0 aliphatic carbocycles. The summed E-state index contributed by atoms with van der Waals surface area (Å²) in [5.41, 5.74) is 2.36. The van der Waals surface area contributed by atoms with Crippen molar-refractivity contribution < 1.29 is 18.9 Å². The molecular weight excluding hydrogens is 521 g/mol. The maximum atomic E-state index is 5.98. The summed E-state index contributed by atoms with van der Waals surface area (Å²) < 4.78 is 22.1. The summed E-state index contributed by atoms with van der Waals surface area (Å²) in [4.78, 5) is 7.24. The highest BCUT2D eigenvalue weighted by atomic mass is 127. The number of rotatable bonds is 14. The van der Waals surface area contributed by atoms with Crippen molar-refractivity contribution in [3.63, 3.8) is 0 Å². The molecule has 7 nitrogen and oxygen atoms in total. The maximum Gasteiger partial charge on any atom is 0.194 e. The Labute approximate surface area is 211 Å². The van der Waals surface area contributed by atoms with E-state index < -0.39 is 0 Å². The molecule has 1 saturated heterocycles. The molecule has 184 valence electrons. The summed E-state index contributed by atoms with van der Waals surface area (Å²) in [6.07, 6.45) is 3.37. The van der Waals surface area contributed by atoms with Crippen molar-refractivity contribution in [2.45, 2.75) is 52.4 Å². The summed E-state index contributed by atoms with van der Waals surface area (Å²) in [6.45, 7) is 11.7. The van der Waals surface area contributed by atoms with E-state index in [9.17, 15) is 0 Å². The lowest BCUT2D eigenvalue weighted by atomic mass is 10.1. The van der Waals surface area contributed by atoms with Crippen LogP contribution < -0.4 is 5.32 Å². The quantitative estimate of drug-likeness (QED) is 0.161. The van der Waals surface area contributed by atoms with Gasteiger partial charge in [0.15, 0.2) is 5.96 Å². The second kappa shape index (κ2) is 18.5. The Balaban J connectivity index is 0.00000512. The van der Waals surface area contributed by atoms with Gasteiger partial charge >= 0.3 is 0 Å². The third-order valence-electron chi connectivity index (χ3n) is 5.17. The van der Waals surface area contributed by atoms with E-state index in [1.165, 1.54) is 11.1 Å². The predicted octanol–water partition coefficient (Wildman–Crippen LogP) is 3.84. The molecular formula is C24H42IN3O4. The van der Waals surface area contributed by atoms with Gasteiger partial charge in [0, 0.05) is 46.6 Å². The lowest BCUT2D eigenvalue weighted by Gasteiger charge is -2.34. The van der Waals surface area contributed by atoms with Crippen LogP contribution in [0, 0.1) is 0 Å². The molecule has 0 aromatic heterocycles. The Morgan fingerprint density at radius 3 is 2.53 bits per heavy atom. The molecule has 0 radical (unpaired) electrons. The normalized spacial score (nSPS) is 15.0. The summed E-state index contributed by atoms with van der Waals surface area (Å²) in [5, 5.41) is 3.45. The molecule has 0 saturated carbocycles. The SMILES string of the molecule is CCNC(=NCc1cccc(COCCOCC)c1)N1CCC(OCCCOC)CC1.I. The van der Waals surface area contributed by atoms with Crippen molar-refractivity contribution in [2.24, 2.45) is 4.99 Å². The fraction of sp³-hybridized carbons (Fsp3) is 0.708. The van der Waals surface area contributed by atoms with Crippen LogP contribution in [0.1, 0.15) is 44.2 Å². The fourth-order valence-corrected chi connectivity index (χ4v) is 3.55. The number of aliphatic imine (C=N–C) groups is 1. The highest BCUT2D eigenvalue weighted by Gasteiger charge is 2.21. The Morgan fingerprint density at radius 1 is 1.06 bits per heavy atom. The number of ether oxygens (including phenoxy) is 4. The van der Waals surface area contributed by atoms with E-state index in [1.54, 1.807) is 7.11 Å². The van der Waals surface area contributed by atoms with E-state index in [2.05, 4.69) is 41.4 Å². The van der Waals surface area contributed by atoms with Gasteiger partial charge in [0.05, 0.1) is 32.5 Å². The number of halogens is 1. The molecule has 1 heterocycles. The maximum absolute atomic E-state index is 5.98. The van der Waals surface area contributed by atoms with Crippen molar-refractivity contribution in [1.29, 1.82) is 0 Å². The van der Waals surface area contributed by atoms with Crippen LogP contribution in [0.2, 0.25) is 0 Å². The van der Waals surface area contributed by atoms with Crippen LogP contribution in [0.3, 0.4) is 0 Å². The Kier molecular flexibility index (Phi) is 16.8. The minimum absolute atomic E-state index is 0. The van der Waals surface area contributed by atoms with Gasteiger partial charge in [0.2, 0.25) is 0 Å². The monoisotopic (exact) mass is 563 g/mol. The van der Waals surface area contributed by atoms with E-state index in [4.69, 9.17) is 23.9 Å². The molecule has 0 bridgehead atoms. The van der Waals surface area contributed by atoms with Gasteiger partial charge in [0.1, 0.15) is 0 Å². The number of guanidine groups is 1. The molecule has 1 aliphatic heterocycles. The van der Waals surface area contributed by atoms with Crippen LogP contribution in [0.5, 0.6) is 0 Å².